The number of piperidine rings is 1. The highest BCUT2D eigenvalue weighted by Gasteiger charge is 2.45. The predicted molar refractivity (Wildman–Crippen MR) is 231 cm³/mol. The third kappa shape index (κ3) is 13.4. The number of halogens is 3. The van der Waals surface area contributed by atoms with Crippen molar-refractivity contribution in [1.29, 1.82) is 0 Å². The van der Waals surface area contributed by atoms with Gasteiger partial charge in [-0.05, 0) is 73.4 Å². The molecule has 1 saturated carbocycles. The number of methoxy groups -OCH3 is 1. The smallest absolute Gasteiger partial charge is 0.391 e. The van der Waals surface area contributed by atoms with Crippen molar-refractivity contribution in [3.05, 3.63) is 94.3 Å². The quantitative estimate of drug-likeness (QED) is 0.102. The van der Waals surface area contributed by atoms with Gasteiger partial charge >= 0.3 is 6.18 Å². The molecule has 2 fully saturated rings. The molecule has 6 rings (SSSR count). The molecular weight excluding hydrogens is 868 g/mol. The number of hydrogen-bond acceptors (Lipinski definition) is 12. The summed E-state index contributed by atoms with van der Waals surface area (Å²) in [7, 11) is 3.17. The molecule has 1 atom stereocenters. The Morgan fingerprint density at radius 3 is 2.24 bits per heavy atom. The van der Waals surface area contributed by atoms with Gasteiger partial charge in [-0.25, -0.2) is 4.98 Å². The second kappa shape index (κ2) is 23.3. The summed E-state index contributed by atoms with van der Waals surface area (Å²) < 4.78 is 67.0. The molecule has 2 aliphatic heterocycles. The van der Waals surface area contributed by atoms with E-state index >= 15 is 0 Å². The normalized spacial score (nSPS) is 18.6. The van der Waals surface area contributed by atoms with Crippen LogP contribution in [0.4, 0.5) is 13.2 Å². The first-order valence-corrected chi connectivity index (χ1v) is 21.8. The van der Waals surface area contributed by atoms with E-state index in [1.807, 2.05) is 30.3 Å². The first kappa shape index (κ1) is 49.3. The fraction of sp³-hybridized carbons (Fsp3) is 0.468. The number of fused-ring (bicyclic) bond motifs is 1. The number of likely N-dealkylation sites (N-methyl/N-ethyl adjacent to an activating group) is 1. The maximum Gasteiger partial charge on any atom is 0.391 e. The number of benzene rings is 2. The number of carbonyl (C=O) groups is 6. The van der Waals surface area contributed by atoms with E-state index in [2.05, 4.69) is 15.6 Å². The predicted octanol–water partition coefficient (Wildman–Crippen LogP) is 4.93. The van der Waals surface area contributed by atoms with Crippen molar-refractivity contribution < 1.29 is 65.6 Å². The minimum absolute atomic E-state index is 0.00159. The van der Waals surface area contributed by atoms with Gasteiger partial charge < -0.3 is 33.9 Å². The van der Waals surface area contributed by atoms with Gasteiger partial charge in [0, 0.05) is 32.1 Å². The number of imide groups is 2. The van der Waals surface area contributed by atoms with Gasteiger partial charge in [-0.15, -0.1) is 0 Å². The van der Waals surface area contributed by atoms with Crippen molar-refractivity contribution in [1.82, 2.24) is 25.4 Å². The molecule has 1 saturated heterocycles. The third-order valence-corrected chi connectivity index (χ3v) is 11.6. The van der Waals surface area contributed by atoms with Gasteiger partial charge in [0.1, 0.15) is 29.8 Å². The average Bonchev–Trinajstić information content (AvgIpc) is 3.54. The van der Waals surface area contributed by atoms with Crippen LogP contribution >= 0.6 is 0 Å². The number of aromatic nitrogens is 1. The summed E-state index contributed by atoms with van der Waals surface area (Å²) in [5.74, 6) is -3.30. The minimum atomic E-state index is -4.17. The number of nitrogens with one attached hydrogen (secondary N) is 2. The molecule has 1 aliphatic carbocycles. The van der Waals surface area contributed by atoms with Crippen LogP contribution in [0, 0.1) is 11.8 Å². The highest BCUT2D eigenvalue weighted by atomic mass is 19.4. The number of amides is 6. The van der Waals surface area contributed by atoms with Gasteiger partial charge in [0.05, 0.1) is 76.4 Å². The first-order valence-electron chi connectivity index (χ1n) is 21.8. The van der Waals surface area contributed by atoms with E-state index in [9.17, 15) is 41.9 Å². The number of allylic oxidation sites excluding steroid dienone is 1. The van der Waals surface area contributed by atoms with Crippen LogP contribution < -0.4 is 20.1 Å². The fourth-order valence-corrected chi connectivity index (χ4v) is 7.82. The number of ether oxygens (including phenoxy) is 5. The zero-order chi connectivity index (χ0) is 47.2. The Labute approximate surface area is 380 Å². The number of nitrogens with zero attached hydrogens (tertiary/aromatic N) is 3. The molecule has 16 nitrogen and oxygen atoms in total. The Bertz CT molecular complexity index is 2260. The highest BCUT2D eigenvalue weighted by Crippen LogP contribution is 2.40. The summed E-state index contributed by atoms with van der Waals surface area (Å²) in [4.78, 5) is 82.4. The lowest BCUT2D eigenvalue weighted by Gasteiger charge is -2.28. The van der Waals surface area contributed by atoms with Crippen LogP contribution in [0.2, 0.25) is 0 Å². The lowest BCUT2D eigenvalue weighted by Crippen LogP contribution is -2.54. The average molecular weight is 922 g/mol. The number of hydrogen-bond donors (Lipinski definition) is 2. The van der Waals surface area contributed by atoms with E-state index in [0.29, 0.717) is 69.5 Å². The Hall–Kier alpha value is -6.18. The summed E-state index contributed by atoms with van der Waals surface area (Å²) in [6.07, 6.45) is 2.26. The summed E-state index contributed by atoms with van der Waals surface area (Å²) in [6, 6.07) is 12.4. The van der Waals surface area contributed by atoms with E-state index in [1.165, 1.54) is 25.4 Å². The lowest BCUT2D eigenvalue weighted by atomic mass is 9.81. The molecule has 3 aliphatic rings. The van der Waals surface area contributed by atoms with Gasteiger partial charge in [0.2, 0.25) is 17.7 Å². The second-order valence-electron chi connectivity index (χ2n) is 16.2. The maximum atomic E-state index is 13.1. The van der Waals surface area contributed by atoms with E-state index in [1.54, 1.807) is 30.2 Å². The number of pyridine rings is 1. The SMILES string of the molecule is COc1cnc(C(=O)NCc2cccc(CC(=O)N(C)CCOCCOCCOCCOc3ccc4c(c3)C(=O)N(C3CCC(=O)NC3=O)C4=O)c2)cc1/C=C/C1CCC(C(F)(F)F)CC1. The molecule has 1 aromatic heterocycles. The van der Waals surface area contributed by atoms with Crippen molar-refractivity contribution in [2.24, 2.45) is 11.8 Å². The van der Waals surface area contributed by atoms with Crippen LogP contribution in [-0.4, -0.2) is 129 Å². The molecule has 2 N–H and O–H groups in total. The summed E-state index contributed by atoms with van der Waals surface area (Å²) in [6.45, 7) is 2.54. The van der Waals surface area contributed by atoms with Crippen molar-refractivity contribution in [3.63, 3.8) is 0 Å². The zero-order valence-corrected chi connectivity index (χ0v) is 36.9. The topological polar surface area (TPSA) is 192 Å². The van der Waals surface area contributed by atoms with Crippen LogP contribution in [0.3, 0.4) is 0 Å². The van der Waals surface area contributed by atoms with E-state index < -0.39 is 47.7 Å². The number of rotatable bonds is 22. The van der Waals surface area contributed by atoms with Gasteiger partial charge in [-0.2, -0.15) is 13.2 Å². The second-order valence-corrected chi connectivity index (χ2v) is 16.2. The summed E-state index contributed by atoms with van der Waals surface area (Å²) >= 11 is 0. The largest absolute Gasteiger partial charge is 0.495 e. The van der Waals surface area contributed by atoms with E-state index in [0.717, 1.165) is 16.0 Å². The van der Waals surface area contributed by atoms with Crippen LogP contribution in [-0.2, 0) is 41.6 Å². The summed E-state index contributed by atoms with van der Waals surface area (Å²) in [5, 5.41) is 5.03. The van der Waals surface area contributed by atoms with E-state index in [4.69, 9.17) is 23.7 Å². The molecule has 0 spiro atoms. The molecule has 6 amide bonds. The Kier molecular flexibility index (Phi) is 17.4. The molecule has 354 valence electrons. The molecule has 66 heavy (non-hydrogen) atoms. The molecule has 2 aromatic carbocycles. The first-order chi connectivity index (χ1) is 31.7. The highest BCUT2D eigenvalue weighted by molar-refractivity contribution is 6.23. The van der Waals surface area contributed by atoms with Gasteiger partial charge in [0.15, 0.2) is 0 Å². The minimum Gasteiger partial charge on any atom is -0.495 e. The molecule has 3 heterocycles. The Morgan fingerprint density at radius 1 is 0.864 bits per heavy atom. The van der Waals surface area contributed by atoms with E-state index in [-0.39, 0.29) is 80.5 Å². The number of alkyl halides is 3. The molecular formula is C47H54F3N5O11. The fourth-order valence-electron chi connectivity index (χ4n) is 7.82. The van der Waals surface area contributed by atoms with Gasteiger partial charge in [0.25, 0.3) is 17.7 Å². The van der Waals surface area contributed by atoms with Crippen molar-refractivity contribution in [2.75, 3.05) is 67.0 Å². The third-order valence-electron chi connectivity index (χ3n) is 11.6. The Morgan fingerprint density at radius 2 is 1.55 bits per heavy atom. The monoisotopic (exact) mass is 921 g/mol. The molecule has 19 heteroatoms. The van der Waals surface area contributed by atoms with Crippen LogP contribution in [0.25, 0.3) is 6.08 Å². The standard InChI is InChI=1S/C47H54F3N5O11/c1-54(16-17-63-18-19-64-20-21-65-22-23-66-35-12-13-36-37(27-35)46(61)55(45(36)60)39-14-15-41(56)53-44(39)59)42(57)25-31-4-3-5-32(24-31)28-52-43(58)38-26-33(40(62-2)29-51-38)9-6-30-7-10-34(11-8-30)47(48,49)50/h3-6,9,12-13,24,26-27,29-30,34,39H,7-8,10-11,14-23,25,28H2,1-2H3,(H,52,58)(H,53,56,59)/b9-6+. The van der Waals surface area contributed by atoms with Gasteiger partial charge in [-0.1, -0.05) is 36.4 Å². The van der Waals surface area contributed by atoms with Crippen molar-refractivity contribution in [3.8, 4) is 11.5 Å². The summed E-state index contributed by atoms with van der Waals surface area (Å²) in [5.41, 5.74) is 2.62. The zero-order valence-electron chi connectivity index (χ0n) is 36.9. The van der Waals surface area contributed by atoms with Crippen molar-refractivity contribution in [2.45, 2.75) is 63.7 Å². The maximum absolute atomic E-state index is 13.1. The Balaban J connectivity index is 0.810. The van der Waals surface area contributed by atoms with Crippen LogP contribution in [0.5, 0.6) is 11.5 Å². The number of carbonyl (C=O) groups excluding carboxylic acids is 6. The lowest BCUT2D eigenvalue weighted by molar-refractivity contribution is -0.183. The molecule has 1 unspecified atom stereocenters. The van der Waals surface area contributed by atoms with Crippen LogP contribution in [0.15, 0.2) is 60.8 Å². The van der Waals surface area contributed by atoms with Crippen LogP contribution in [0.1, 0.15) is 86.4 Å². The molecule has 3 aromatic rings. The van der Waals surface area contributed by atoms with Gasteiger partial charge in [-0.3, -0.25) is 39.0 Å². The molecule has 0 radical (unpaired) electrons. The van der Waals surface area contributed by atoms with Crippen molar-refractivity contribution >= 4 is 41.5 Å². The molecule has 0 bridgehead atoms.